The Hall–Kier alpha value is -1.16. The zero-order chi connectivity index (χ0) is 15.5. The number of aliphatic hydroxyl groups is 1. The van der Waals surface area contributed by atoms with Gasteiger partial charge in [0.1, 0.15) is 0 Å². The molecular weight excluding hydrogens is 274 g/mol. The lowest BCUT2D eigenvalue weighted by molar-refractivity contribution is -0.167. The maximum atomic E-state index is 10.9. The fourth-order valence-corrected chi connectivity index (χ4v) is 5.93. The predicted octanol–water partition coefficient (Wildman–Crippen LogP) is 3.23. The van der Waals surface area contributed by atoms with Crippen molar-refractivity contribution in [2.45, 2.75) is 70.9 Å². The van der Waals surface area contributed by atoms with Crippen LogP contribution in [0, 0.1) is 31.1 Å². The highest BCUT2D eigenvalue weighted by molar-refractivity contribution is 5.30. The van der Waals surface area contributed by atoms with Crippen molar-refractivity contribution < 1.29 is 5.11 Å². The van der Waals surface area contributed by atoms with Crippen molar-refractivity contribution in [3.63, 3.8) is 0 Å². The number of nitrogens with one attached hydrogen (secondary N) is 1. The minimum atomic E-state index is -0.399. The van der Waals surface area contributed by atoms with E-state index in [0.29, 0.717) is 6.04 Å². The van der Waals surface area contributed by atoms with Crippen LogP contribution in [0.15, 0.2) is 6.07 Å². The fraction of sp³-hybridized carbons (Fsp3) is 0.778. The summed E-state index contributed by atoms with van der Waals surface area (Å²) >= 11 is 0. The molecule has 1 heterocycles. The molecule has 0 spiro atoms. The molecule has 0 amide bonds. The molecule has 0 aliphatic heterocycles. The summed E-state index contributed by atoms with van der Waals surface area (Å²) < 4.78 is 0. The van der Waals surface area contributed by atoms with Crippen molar-refractivity contribution in [1.82, 2.24) is 9.97 Å². The lowest BCUT2D eigenvalue weighted by Crippen LogP contribution is -2.60. The molecule has 3 atom stereocenters. The van der Waals surface area contributed by atoms with E-state index in [0.717, 1.165) is 48.4 Å². The molecule has 120 valence electrons. The van der Waals surface area contributed by atoms with Gasteiger partial charge in [0.2, 0.25) is 5.95 Å². The zero-order valence-corrected chi connectivity index (χ0v) is 13.9. The predicted molar refractivity (Wildman–Crippen MR) is 86.7 cm³/mol. The quantitative estimate of drug-likeness (QED) is 0.900. The van der Waals surface area contributed by atoms with Gasteiger partial charge in [-0.2, -0.15) is 0 Å². The van der Waals surface area contributed by atoms with Gasteiger partial charge < -0.3 is 10.4 Å². The lowest BCUT2D eigenvalue weighted by atomic mass is 9.46. The monoisotopic (exact) mass is 301 g/mol. The number of hydrogen-bond acceptors (Lipinski definition) is 4. The van der Waals surface area contributed by atoms with Crippen LogP contribution in [-0.4, -0.2) is 26.7 Å². The minimum absolute atomic E-state index is 0.222. The number of hydrogen-bond donors (Lipinski definition) is 2. The van der Waals surface area contributed by atoms with Crippen molar-refractivity contribution in [3.8, 4) is 0 Å². The van der Waals surface area contributed by atoms with E-state index >= 15 is 0 Å². The highest BCUT2D eigenvalue weighted by Gasteiger charge is 2.58. The van der Waals surface area contributed by atoms with Crippen LogP contribution in [0.2, 0.25) is 0 Å². The lowest BCUT2D eigenvalue weighted by Gasteiger charge is -2.62. The third-order valence-electron chi connectivity index (χ3n) is 6.32. The van der Waals surface area contributed by atoms with E-state index in [-0.39, 0.29) is 5.41 Å². The molecule has 1 aromatic heterocycles. The number of aryl methyl sites for hydroxylation is 2. The molecule has 1 aromatic rings. The van der Waals surface area contributed by atoms with Gasteiger partial charge in [-0.15, -0.1) is 0 Å². The first-order valence-electron chi connectivity index (χ1n) is 8.67. The Balaban J connectivity index is 1.58. The largest absolute Gasteiger partial charge is 0.390 e. The number of nitrogens with zero attached hydrogens (tertiary/aromatic N) is 2. The number of aromatic nitrogens is 2. The Kier molecular flexibility index (Phi) is 3.06. The maximum absolute atomic E-state index is 10.9. The molecule has 0 radical (unpaired) electrons. The van der Waals surface area contributed by atoms with Gasteiger partial charge in [-0.1, -0.05) is 0 Å². The van der Waals surface area contributed by atoms with E-state index in [1.807, 2.05) is 19.9 Å². The van der Waals surface area contributed by atoms with E-state index in [1.165, 1.54) is 19.3 Å². The molecule has 2 N–H and O–H groups in total. The van der Waals surface area contributed by atoms with Gasteiger partial charge in [-0.25, -0.2) is 9.97 Å². The van der Waals surface area contributed by atoms with Crippen molar-refractivity contribution in [2.24, 2.45) is 17.3 Å². The molecule has 4 saturated carbocycles. The van der Waals surface area contributed by atoms with E-state index in [4.69, 9.17) is 0 Å². The SMILES string of the molecule is Cc1cc(C)nc(NC(C)C23CC4CC(CC(O)(C4)C2)C3)n1. The van der Waals surface area contributed by atoms with Gasteiger partial charge in [0.05, 0.1) is 5.60 Å². The normalized spacial score (nSPS) is 40.7. The van der Waals surface area contributed by atoms with Crippen LogP contribution in [0.5, 0.6) is 0 Å². The maximum Gasteiger partial charge on any atom is 0.223 e. The van der Waals surface area contributed by atoms with Crippen LogP contribution >= 0.6 is 0 Å². The average Bonchev–Trinajstić information content (AvgIpc) is 2.34. The first kappa shape index (κ1) is 14.4. The Bertz CT molecular complexity index is 566. The van der Waals surface area contributed by atoms with Crippen LogP contribution in [0.25, 0.3) is 0 Å². The van der Waals surface area contributed by atoms with Crippen LogP contribution in [0.3, 0.4) is 0 Å². The smallest absolute Gasteiger partial charge is 0.223 e. The van der Waals surface area contributed by atoms with Crippen molar-refractivity contribution in [2.75, 3.05) is 5.32 Å². The molecule has 0 aromatic carbocycles. The Morgan fingerprint density at radius 1 is 1.14 bits per heavy atom. The standard InChI is InChI=1S/C18H27N3O/c1-11-4-12(2)20-16(19-11)21-13(3)17-6-14-5-15(7-17)9-18(22,8-14)10-17/h4,13-15,22H,5-10H2,1-3H3,(H,19,20,21). The highest BCUT2D eigenvalue weighted by Crippen LogP contribution is 2.62. The number of rotatable bonds is 3. The molecule has 4 aliphatic rings. The summed E-state index contributed by atoms with van der Waals surface area (Å²) in [6, 6.07) is 2.31. The fourth-order valence-electron chi connectivity index (χ4n) is 5.93. The average molecular weight is 301 g/mol. The molecule has 3 unspecified atom stereocenters. The summed E-state index contributed by atoms with van der Waals surface area (Å²) in [5, 5.41) is 14.5. The van der Waals surface area contributed by atoms with Crippen LogP contribution in [-0.2, 0) is 0 Å². The first-order chi connectivity index (χ1) is 10.4. The summed E-state index contributed by atoms with van der Waals surface area (Å²) in [4.78, 5) is 9.07. The molecule has 0 saturated heterocycles. The molecule has 4 heteroatoms. The topological polar surface area (TPSA) is 58.0 Å². The van der Waals surface area contributed by atoms with E-state index < -0.39 is 5.60 Å². The summed E-state index contributed by atoms with van der Waals surface area (Å²) in [5.74, 6) is 2.18. The van der Waals surface area contributed by atoms with E-state index in [1.54, 1.807) is 0 Å². The van der Waals surface area contributed by atoms with Gasteiger partial charge in [0, 0.05) is 17.4 Å². The molecule has 4 bridgehead atoms. The molecule has 5 rings (SSSR count). The Labute approximate surface area is 132 Å². The summed E-state index contributed by atoms with van der Waals surface area (Å²) in [7, 11) is 0. The Morgan fingerprint density at radius 2 is 1.73 bits per heavy atom. The third-order valence-corrected chi connectivity index (χ3v) is 6.32. The molecular formula is C18H27N3O. The van der Waals surface area contributed by atoms with Gasteiger partial charge in [0.15, 0.2) is 0 Å². The van der Waals surface area contributed by atoms with Gasteiger partial charge >= 0.3 is 0 Å². The molecule has 4 fully saturated rings. The first-order valence-corrected chi connectivity index (χ1v) is 8.67. The van der Waals surface area contributed by atoms with E-state index in [9.17, 15) is 5.11 Å². The summed E-state index contributed by atoms with van der Waals surface area (Å²) in [5.41, 5.74) is 1.83. The molecule has 22 heavy (non-hydrogen) atoms. The Morgan fingerprint density at radius 3 is 2.27 bits per heavy atom. The van der Waals surface area contributed by atoms with Gasteiger partial charge in [-0.05, 0) is 82.6 Å². The van der Waals surface area contributed by atoms with Crippen LogP contribution in [0.1, 0.15) is 56.8 Å². The van der Waals surface area contributed by atoms with Crippen molar-refractivity contribution in [3.05, 3.63) is 17.5 Å². The summed E-state index contributed by atoms with van der Waals surface area (Å²) in [6.07, 6.45) is 6.84. The molecule has 4 nitrogen and oxygen atoms in total. The summed E-state index contributed by atoms with van der Waals surface area (Å²) in [6.45, 7) is 6.29. The second kappa shape index (κ2) is 4.67. The zero-order valence-electron chi connectivity index (χ0n) is 13.9. The second-order valence-electron chi connectivity index (χ2n) is 8.39. The van der Waals surface area contributed by atoms with Gasteiger partial charge in [0.25, 0.3) is 0 Å². The third kappa shape index (κ3) is 2.32. The van der Waals surface area contributed by atoms with Crippen molar-refractivity contribution in [1.29, 1.82) is 0 Å². The highest BCUT2D eigenvalue weighted by atomic mass is 16.3. The van der Waals surface area contributed by atoms with Crippen LogP contribution < -0.4 is 5.32 Å². The molecule has 4 aliphatic carbocycles. The van der Waals surface area contributed by atoms with E-state index in [2.05, 4.69) is 22.2 Å². The van der Waals surface area contributed by atoms with Crippen molar-refractivity contribution >= 4 is 5.95 Å². The van der Waals surface area contributed by atoms with Crippen LogP contribution in [0.4, 0.5) is 5.95 Å². The number of anilines is 1. The minimum Gasteiger partial charge on any atom is -0.390 e. The van der Waals surface area contributed by atoms with Gasteiger partial charge in [-0.3, -0.25) is 0 Å². The second-order valence-corrected chi connectivity index (χ2v) is 8.39.